The maximum absolute atomic E-state index is 9.33. The van der Waals surface area contributed by atoms with Crippen molar-refractivity contribution in [2.24, 2.45) is 5.41 Å². The lowest BCUT2D eigenvalue weighted by molar-refractivity contribution is 0.219. The van der Waals surface area contributed by atoms with Crippen LogP contribution < -0.4 is 10.6 Å². The molecule has 0 unspecified atom stereocenters. The van der Waals surface area contributed by atoms with Crippen LogP contribution in [0.1, 0.15) is 12.8 Å². The minimum atomic E-state index is 0.0765. The van der Waals surface area contributed by atoms with Crippen molar-refractivity contribution in [3.63, 3.8) is 0 Å². The highest BCUT2D eigenvalue weighted by Crippen LogP contribution is 2.45. The standard InChI is InChI=1S/C12H16N4OS/c1-13-11-15-9(8-2-5-18-10(8)16-11)14-6-12(7-17)3-4-12/h2,5,17H,3-4,6-7H2,1H3,(H2,13,14,15,16). The van der Waals surface area contributed by atoms with Crippen molar-refractivity contribution >= 4 is 33.3 Å². The number of hydrogen-bond acceptors (Lipinski definition) is 6. The molecule has 1 fully saturated rings. The average Bonchev–Trinajstić information content (AvgIpc) is 3.04. The Kier molecular flexibility index (Phi) is 2.83. The molecule has 18 heavy (non-hydrogen) atoms. The van der Waals surface area contributed by atoms with Gasteiger partial charge in [0.25, 0.3) is 0 Å². The van der Waals surface area contributed by atoms with E-state index in [1.165, 1.54) is 0 Å². The minimum Gasteiger partial charge on any atom is -0.396 e. The van der Waals surface area contributed by atoms with Crippen LogP contribution in [0.5, 0.6) is 0 Å². The normalized spacial score (nSPS) is 16.8. The van der Waals surface area contributed by atoms with Crippen LogP contribution in [0, 0.1) is 5.41 Å². The molecule has 1 saturated carbocycles. The highest BCUT2D eigenvalue weighted by atomic mass is 32.1. The zero-order valence-electron chi connectivity index (χ0n) is 10.2. The second-order valence-corrected chi connectivity index (χ2v) is 5.69. The molecular weight excluding hydrogens is 248 g/mol. The first-order valence-electron chi connectivity index (χ1n) is 6.04. The molecule has 6 heteroatoms. The first kappa shape index (κ1) is 11.7. The Bertz CT molecular complexity index is 564. The number of hydrogen-bond donors (Lipinski definition) is 3. The first-order valence-corrected chi connectivity index (χ1v) is 6.92. The maximum Gasteiger partial charge on any atom is 0.225 e. The Hall–Kier alpha value is -1.40. The highest BCUT2D eigenvalue weighted by molar-refractivity contribution is 7.16. The summed E-state index contributed by atoms with van der Waals surface area (Å²) in [5.74, 6) is 1.48. The number of anilines is 2. The van der Waals surface area contributed by atoms with Gasteiger partial charge in [0, 0.05) is 19.0 Å². The van der Waals surface area contributed by atoms with Crippen LogP contribution in [0.2, 0.25) is 0 Å². The topological polar surface area (TPSA) is 70.1 Å². The van der Waals surface area contributed by atoms with Gasteiger partial charge in [-0.05, 0) is 24.3 Å². The molecule has 2 heterocycles. The lowest BCUT2D eigenvalue weighted by Gasteiger charge is -2.14. The summed E-state index contributed by atoms with van der Waals surface area (Å²) in [4.78, 5) is 9.83. The molecule has 1 aliphatic carbocycles. The molecule has 0 aromatic carbocycles. The number of nitrogens with one attached hydrogen (secondary N) is 2. The summed E-state index contributed by atoms with van der Waals surface area (Å²) in [6, 6.07) is 2.03. The Labute approximate surface area is 109 Å². The first-order chi connectivity index (χ1) is 8.76. The van der Waals surface area contributed by atoms with E-state index in [4.69, 9.17) is 0 Å². The summed E-state index contributed by atoms with van der Waals surface area (Å²) in [6.45, 7) is 1.02. The van der Waals surface area contributed by atoms with E-state index in [2.05, 4.69) is 20.6 Å². The third-order valence-corrected chi connectivity index (χ3v) is 4.28. The third kappa shape index (κ3) is 2.02. The smallest absolute Gasteiger partial charge is 0.225 e. The van der Waals surface area contributed by atoms with Crippen molar-refractivity contribution in [2.75, 3.05) is 30.8 Å². The lowest BCUT2D eigenvalue weighted by Crippen LogP contribution is -2.19. The number of aliphatic hydroxyl groups excluding tert-OH is 1. The van der Waals surface area contributed by atoms with Crippen molar-refractivity contribution in [1.29, 1.82) is 0 Å². The molecule has 0 aliphatic heterocycles. The van der Waals surface area contributed by atoms with Crippen molar-refractivity contribution < 1.29 is 5.11 Å². The van der Waals surface area contributed by atoms with Crippen LogP contribution >= 0.6 is 11.3 Å². The summed E-state index contributed by atoms with van der Waals surface area (Å²) in [5.41, 5.74) is 0.0765. The fourth-order valence-corrected chi connectivity index (χ4v) is 2.70. The van der Waals surface area contributed by atoms with Gasteiger partial charge in [-0.25, -0.2) is 4.98 Å². The van der Waals surface area contributed by atoms with E-state index < -0.39 is 0 Å². The molecule has 2 aromatic heterocycles. The van der Waals surface area contributed by atoms with Crippen molar-refractivity contribution in [3.8, 4) is 0 Å². The number of aliphatic hydroxyl groups is 1. The molecule has 0 amide bonds. The maximum atomic E-state index is 9.33. The van der Waals surface area contributed by atoms with Crippen LogP contribution in [0.15, 0.2) is 11.4 Å². The quantitative estimate of drug-likeness (QED) is 0.769. The van der Waals surface area contributed by atoms with Gasteiger partial charge in [0.2, 0.25) is 5.95 Å². The van der Waals surface area contributed by atoms with E-state index >= 15 is 0 Å². The molecule has 2 aromatic rings. The van der Waals surface area contributed by atoms with E-state index in [-0.39, 0.29) is 12.0 Å². The Balaban J connectivity index is 1.87. The molecule has 0 spiro atoms. The van der Waals surface area contributed by atoms with Gasteiger partial charge >= 0.3 is 0 Å². The van der Waals surface area contributed by atoms with Gasteiger partial charge in [0.05, 0.1) is 12.0 Å². The Morgan fingerprint density at radius 2 is 2.28 bits per heavy atom. The second kappa shape index (κ2) is 4.37. The fraction of sp³-hybridized carbons (Fsp3) is 0.500. The van der Waals surface area contributed by atoms with Crippen LogP contribution in [0.25, 0.3) is 10.2 Å². The zero-order valence-corrected chi connectivity index (χ0v) is 11.0. The molecule has 0 atom stereocenters. The zero-order chi connectivity index (χ0) is 12.6. The van der Waals surface area contributed by atoms with Gasteiger partial charge in [0.15, 0.2) is 0 Å². The number of nitrogens with zero attached hydrogens (tertiary/aromatic N) is 2. The second-order valence-electron chi connectivity index (χ2n) is 4.80. The predicted octanol–water partition coefficient (Wildman–Crippen LogP) is 1.92. The van der Waals surface area contributed by atoms with Gasteiger partial charge < -0.3 is 15.7 Å². The third-order valence-electron chi connectivity index (χ3n) is 3.47. The summed E-state index contributed by atoms with van der Waals surface area (Å²) in [6.07, 6.45) is 2.18. The Morgan fingerprint density at radius 3 is 2.94 bits per heavy atom. The molecule has 3 rings (SSSR count). The van der Waals surface area contributed by atoms with Gasteiger partial charge in [-0.2, -0.15) is 4.98 Å². The van der Waals surface area contributed by atoms with E-state index in [1.54, 1.807) is 11.3 Å². The summed E-state index contributed by atoms with van der Waals surface area (Å²) in [5, 5.41) is 18.7. The molecular formula is C12H16N4OS. The van der Waals surface area contributed by atoms with Gasteiger partial charge in [-0.3, -0.25) is 0 Å². The molecule has 0 saturated heterocycles. The molecule has 0 bridgehead atoms. The van der Waals surface area contributed by atoms with Gasteiger partial charge in [-0.15, -0.1) is 11.3 Å². The predicted molar refractivity (Wildman–Crippen MR) is 74.2 cm³/mol. The molecule has 1 aliphatic rings. The molecule has 3 N–H and O–H groups in total. The molecule has 96 valence electrons. The van der Waals surface area contributed by atoms with Crippen LogP contribution in [0.4, 0.5) is 11.8 Å². The number of fused-ring (bicyclic) bond motifs is 1. The summed E-state index contributed by atoms with van der Waals surface area (Å²) >= 11 is 1.61. The number of rotatable bonds is 5. The van der Waals surface area contributed by atoms with E-state index in [9.17, 15) is 5.11 Å². The van der Waals surface area contributed by atoms with E-state index in [0.29, 0.717) is 5.95 Å². The highest BCUT2D eigenvalue weighted by Gasteiger charge is 2.41. The van der Waals surface area contributed by atoms with Gasteiger partial charge in [-0.1, -0.05) is 0 Å². The molecule has 5 nitrogen and oxygen atoms in total. The number of aromatic nitrogens is 2. The van der Waals surface area contributed by atoms with Crippen LogP contribution in [-0.4, -0.2) is 35.3 Å². The lowest BCUT2D eigenvalue weighted by atomic mass is 10.1. The van der Waals surface area contributed by atoms with Crippen molar-refractivity contribution in [3.05, 3.63) is 11.4 Å². The van der Waals surface area contributed by atoms with E-state index in [1.807, 2.05) is 18.5 Å². The minimum absolute atomic E-state index is 0.0765. The summed E-state index contributed by atoms with van der Waals surface area (Å²) in [7, 11) is 1.81. The molecule has 0 radical (unpaired) electrons. The van der Waals surface area contributed by atoms with Crippen molar-refractivity contribution in [1.82, 2.24) is 9.97 Å². The van der Waals surface area contributed by atoms with Crippen LogP contribution in [-0.2, 0) is 0 Å². The van der Waals surface area contributed by atoms with E-state index in [0.717, 1.165) is 35.4 Å². The Morgan fingerprint density at radius 1 is 1.44 bits per heavy atom. The monoisotopic (exact) mass is 264 g/mol. The fourth-order valence-electron chi connectivity index (χ4n) is 1.94. The van der Waals surface area contributed by atoms with Gasteiger partial charge in [0.1, 0.15) is 10.6 Å². The number of thiophene rings is 1. The van der Waals surface area contributed by atoms with Crippen LogP contribution in [0.3, 0.4) is 0 Å². The van der Waals surface area contributed by atoms with Crippen molar-refractivity contribution in [2.45, 2.75) is 12.8 Å². The average molecular weight is 264 g/mol. The largest absolute Gasteiger partial charge is 0.396 e. The SMILES string of the molecule is CNc1nc(NCC2(CO)CC2)c2ccsc2n1. The summed E-state index contributed by atoms with van der Waals surface area (Å²) < 4.78 is 0.